The lowest BCUT2D eigenvalue weighted by Gasteiger charge is -2.33. The van der Waals surface area contributed by atoms with E-state index in [9.17, 15) is 19.5 Å². The first kappa shape index (κ1) is 28.8. The van der Waals surface area contributed by atoms with E-state index in [1.165, 1.54) is 83.1 Å². The van der Waals surface area contributed by atoms with E-state index in [1.54, 1.807) is 6.08 Å². The van der Waals surface area contributed by atoms with Crippen molar-refractivity contribution >= 4 is 7.60 Å². The van der Waals surface area contributed by atoms with E-state index in [2.05, 4.69) is 6.92 Å². The molecule has 0 aliphatic heterocycles. The zero-order chi connectivity index (χ0) is 22.2. The number of nitrogens with zero attached hydrogens (tertiary/aromatic N) is 1. The van der Waals surface area contributed by atoms with Gasteiger partial charge in [-0.15, -0.1) is 0 Å². The standard InChI is InChI=1S/C23H48NO4P/c1-5-6-7-8-9-10-11-12-13-14-15-16-17-18-19-20-21-23(25,29(26,27)28)22-24(2,3)4/h20-21,25H,5-19,22H2,1-4H3,(H-,26,27,28)/p+1/b21-20+. The van der Waals surface area contributed by atoms with Crippen molar-refractivity contribution in [1.29, 1.82) is 0 Å². The first-order valence-electron chi connectivity index (χ1n) is 11.8. The quantitative estimate of drug-likeness (QED) is 0.101. The number of aliphatic hydroxyl groups is 1. The minimum absolute atomic E-state index is 0.0213. The summed E-state index contributed by atoms with van der Waals surface area (Å²) in [5.74, 6) is 0. The molecule has 1 atom stereocenters. The smallest absolute Gasteiger partial charge is 0.366 e. The number of unbranched alkanes of at least 4 members (excludes halogenated alkanes) is 14. The largest absolute Gasteiger partial charge is 0.369 e. The molecule has 0 saturated carbocycles. The Bertz CT molecular complexity index is 470. The lowest BCUT2D eigenvalue weighted by Crippen LogP contribution is -2.48. The van der Waals surface area contributed by atoms with Crippen LogP contribution in [0.25, 0.3) is 0 Å². The van der Waals surface area contributed by atoms with E-state index >= 15 is 0 Å². The topological polar surface area (TPSA) is 77.8 Å². The molecule has 0 aliphatic rings. The van der Waals surface area contributed by atoms with Crippen molar-refractivity contribution in [2.24, 2.45) is 0 Å². The van der Waals surface area contributed by atoms with Gasteiger partial charge in [-0.1, -0.05) is 96.5 Å². The zero-order valence-corrected chi connectivity index (χ0v) is 20.5. The molecule has 0 saturated heterocycles. The molecule has 0 aliphatic carbocycles. The Morgan fingerprint density at radius 2 is 1.14 bits per heavy atom. The highest BCUT2D eigenvalue weighted by molar-refractivity contribution is 7.53. The molecule has 0 rings (SSSR count). The number of likely N-dealkylation sites (N-methyl/N-ethyl adjacent to an activating group) is 1. The second-order valence-electron chi connectivity index (χ2n) is 9.66. The van der Waals surface area contributed by atoms with Crippen molar-refractivity contribution in [3.05, 3.63) is 12.2 Å². The van der Waals surface area contributed by atoms with E-state index in [4.69, 9.17) is 0 Å². The number of hydrogen-bond acceptors (Lipinski definition) is 2. The van der Waals surface area contributed by atoms with Crippen LogP contribution in [0, 0.1) is 0 Å². The lowest BCUT2D eigenvalue weighted by atomic mass is 10.0. The average molecular weight is 435 g/mol. The molecule has 0 fully saturated rings. The van der Waals surface area contributed by atoms with E-state index in [-0.39, 0.29) is 11.0 Å². The third kappa shape index (κ3) is 16.2. The van der Waals surface area contributed by atoms with Gasteiger partial charge in [-0.2, -0.15) is 0 Å². The second kappa shape index (κ2) is 15.6. The van der Waals surface area contributed by atoms with Crippen LogP contribution < -0.4 is 0 Å². The van der Waals surface area contributed by atoms with Crippen molar-refractivity contribution in [3.8, 4) is 0 Å². The average Bonchev–Trinajstić information content (AvgIpc) is 2.59. The fourth-order valence-electron chi connectivity index (χ4n) is 3.67. The first-order chi connectivity index (χ1) is 13.5. The molecule has 0 aromatic heterocycles. The van der Waals surface area contributed by atoms with Crippen LogP contribution in [0.15, 0.2) is 12.2 Å². The Morgan fingerprint density at radius 3 is 1.48 bits per heavy atom. The van der Waals surface area contributed by atoms with Gasteiger partial charge in [0, 0.05) is 0 Å². The normalized spacial score (nSPS) is 15.1. The van der Waals surface area contributed by atoms with Crippen LogP contribution in [-0.4, -0.2) is 52.4 Å². The summed E-state index contributed by atoms with van der Waals surface area (Å²) in [6.07, 6.45) is 22.1. The summed E-state index contributed by atoms with van der Waals surface area (Å²) in [4.78, 5) is 19.1. The summed E-state index contributed by atoms with van der Waals surface area (Å²) in [7, 11) is 0.802. The Kier molecular flexibility index (Phi) is 15.5. The number of rotatable bonds is 19. The third-order valence-electron chi connectivity index (χ3n) is 5.32. The maximum atomic E-state index is 11.7. The molecule has 1 unspecified atom stereocenters. The number of allylic oxidation sites excluding steroid dienone is 1. The number of hydrogen-bond donors (Lipinski definition) is 3. The predicted molar refractivity (Wildman–Crippen MR) is 124 cm³/mol. The molecule has 0 radical (unpaired) electrons. The van der Waals surface area contributed by atoms with E-state index in [0.717, 1.165) is 19.3 Å². The Balaban J connectivity index is 3.74. The molecule has 3 N–H and O–H groups in total. The van der Waals surface area contributed by atoms with E-state index in [1.807, 2.05) is 21.1 Å². The summed E-state index contributed by atoms with van der Waals surface area (Å²) >= 11 is 0. The van der Waals surface area contributed by atoms with Crippen LogP contribution in [0.3, 0.4) is 0 Å². The van der Waals surface area contributed by atoms with Gasteiger partial charge >= 0.3 is 7.60 Å². The van der Waals surface area contributed by atoms with Gasteiger partial charge in [0.1, 0.15) is 6.54 Å². The van der Waals surface area contributed by atoms with Gasteiger partial charge in [-0.05, 0) is 18.9 Å². The lowest BCUT2D eigenvalue weighted by molar-refractivity contribution is -0.874. The molecule has 0 bridgehead atoms. The van der Waals surface area contributed by atoms with E-state index in [0.29, 0.717) is 0 Å². The van der Waals surface area contributed by atoms with Gasteiger partial charge in [0.05, 0.1) is 21.1 Å². The Morgan fingerprint density at radius 1 is 0.759 bits per heavy atom. The fraction of sp³-hybridized carbons (Fsp3) is 0.913. The van der Waals surface area contributed by atoms with Gasteiger partial charge in [-0.25, -0.2) is 0 Å². The molecule has 0 aromatic rings. The summed E-state index contributed by atoms with van der Waals surface area (Å²) in [6.45, 7) is 2.24. The van der Waals surface area contributed by atoms with Crippen LogP contribution >= 0.6 is 7.60 Å². The monoisotopic (exact) mass is 434 g/mol. The molecule has 29 heavy (non-hydrogen) atoms. The SMILES string of the molecule is CCCCCCCCCCCCCCCC/C=C/C(O)(C[N+](C)(C)C)P(=O)(O)O. The van der Waals surface area contributed by atoms with Gasteiger partial charge in [0.15, 0.2) is 0 Å². The predicted octanol–water partition coefficient (Wildman–Crippen LogP) is 5.99. The van der Waals surface area contributed by atoms with Crippen LogP contribution in [0.5, 0.6) is 0 Å². The number of quaternary nitrogens is 1. The van der Waals surface area contributed by atoms with Crippen molar-refractivity contribution in [2.75, 3.05) is 27.7 Å². The van der Waals surface area contributed by atoms with Crippen molar-refractivity contribution < 1.29 is 23.9 Å². The van der Waals surface area contributed by atoms with Gasteiger partial charge in [0.25, 0.3) is 0 Å². The van der Waals surface area contributed by atoms with Gasteiger partial charge in [-0.3, -0.25) is 4.57 Å². The fourth-order valence-corrected chi connectivity index (χ4v) is 4.58. The van der Waals surface area contributed by atoms with Gasteiger partial charge < -0.3 is 19.4 Å². The van der Waals surface area contributed by atoms with Crippen molar-refractivity contribution in [1.82, 2.24) is 0 Å². The van der Waals surface area contributed by atoms with Gasteiger partial charge in [0.2, 0.25) is 5.34 Å². The third-order valence-corrected chi connectivity index (χ3v) is 6.62. The van der Waals surface area contributed by atoms with Crippen LogP contribution in [-0.2, 0) is 4.57 Å². The maximum Gasteiger partial charge on any atom is 0.366 e. The molecule has 0 spiro atoms. The van der Waals surface area contributed by atoms with E-state index < -0.39 is 12.9 Å². The summed E-state index contributed by atoms with van der Waals surface area (Å²) in [5.41, 5.74) is 0. The summed E-state index contributed by atoms with van der Waals surface area (Å²) in [6, 6.07) is 0. The highest BCUT2D eigenvalue weighted by atomic mass is 31.2. The maximum absolute atomic E-state index is 11.7. The van der Waals surface area contributed by atoms with Crippen LogP contribution in [0.4, 0.5) is 0 Å². The molecule has 0 aromatic carbocycles. The molecule has 5 nitrogen and oxygen atoms in total. The Labute approximate surface area is 180 Å². The first-order valence-corrected chi connectivity index (χ1v) is 13.4. The summed E-state index contributed by atoms with van der Waals surface area (Å²) < 4.78 is 12.0. The zero-order valence-electron chi connectivity index (χ0n) is 19.6. The van der Waals surface area contributed by atoms with Crippen molar-refractivity contribution in [2.45, 2.75) is 109 Å². The molecule has 6 heteroatoms. The molecule has 0 heterocycles. The molecule has 0 amide bonds. The van der Waals surface area contributed by atoms with Crippen LogP contribution in [0.2, 0.25) is 0 Å². The summed E-state index contributed by atoms with van der Waals surface area (Å²) in [5, 5.41) is 8.35. The second-order valence-corrected chi connectivity index (χ2v) is 11.5. The highest BCUT2D eigenvalue weighted by Crippen LogP contribution is 2.50. The minimum Gasteiger partial charge on any atom is -0.369 e. The van der Waals surface area contributed by atoms with Crippen LogP contribution in [0.1, 0.15) is 103 Å². The molecular weight excluding hydrogens is 385 g/mol. The minimum atomic E-state index is -4.62. The van der Waals surface area contributed by atoms with Crippen molar-refractivity contribution in [3.63, 3.8) is 0 Å². The highest BCUT2D eigenvalue weighted by Gasteiger charge is 2.47. The molecular formula is C23H49NO4P+. The Hall–Kier alpha value is -0.190. The molecule has 174 valence electrons.